The highest BCUT2D eigenvalue weighted by atomic mass is 16.6. The summed E-state index contributed by atoms with van der Waals surface area (Å²) in [6.45, 7) is 6.84. The first-order valence-corrected chi connectivity index (χ1v) is 10.4. The number of non-ortho nitro benzene ring substituents is 1. The minimum absolute atomic E-state index is 0.0150. The maximum Gasteiger partial charge on any atom is 0.269 e. The summed E-state index contributed by atoms with van der Waals surface area (Å²) >= 11 is 0. The van der Waals surface area contributed by atoms with Crippen molar-refractivity contribution >= 4 is 17.2 Å². The Hall–Kier alpha value is -3.47. The highest BCUT2D eigenvalue weighted by Gasteiger charge is 2.45. The van der Waals surface area contributed by atoms with E-state index in [4.69, 9.17) is 0 Å². The third-order valence-corrected chi connectivity index (χ3v) is 6.42. The Morgan fingerprint density at radius 2 is 1.55 bits per heavy atom. The van der Waals surface area contributed by atoms with E-state index in [1.165, 1.54) is 35.4 Å². The van der Waals surface area contributed by atoms with Crippen LogP contribution in [0.5, 0.6) is 0 Å². The lowest BCUT2D eigenvalue weighted by Gasteiger charge is -2.52. The quantitative estimate of drug-likeness (QED) is 0.302. The van der Waals surface area contributed by atoms with Crippen molar-refractivity contribution in [2.24, 2.45) is 0 Å². The summed E-state index contributed by atoms with van der Waals surface area (Å²) in [5, 5.41) is 10.9. The predicted octanol–water partition coefficient (Wildman–Crippen LogP) is 5.77. The largest absolute Gasteiger partial charge is 0.358 e. The molecule has 0 fully saturated rings. The first-order valence-electron chi connectivity index (χ1n) is 10.4. The van der Waals surface area contributed by atoms with Crippen molar-refractivity contribution in [2.75, 3.05) is 11.4 Å². The number of carbonyl (C=O) groups is 1. The molecule has 3 aromatic rings. The van der Waals surface area contributed by atoms with E-state index >= 15 is 0 Å². The fourth-order valence-electron chi connectivity index (χ4n) is 4.92. The number of nitro benzene ring substituents is 1. The summed E-state index contributed by atoms with van der Waals surface area (Å²) in [7, 11) is 0. The average Bonchev–Trinajstić information content (AvgIpc) is 2.77. The number of rotatable bonds is 5. The summed E-state index contributed by atoms with van der Waals surface area (Å²) in [5.41, 5.74) is 3.55. The van der Waals surface area contributed by atoms with Gasteiger partial charge in [0.25, 0.3) is 5.69 Å². The number of Topliss-reactive ketones (excluding diaryl/α,β-unsaturated/α-hetero) is 1. The number of nitro groups is 1. The van der Waals surface area contributed by atoms with Gasteiger partial charge in [-0.3, -0.25) is 14.9 Å². The molecule has 0 saturated heterocycles. The van der Waals surface area contributed by atoms with Crippen LogP contribution in [0, 0.1) is 10.1 Å². The molecular weight excluding hydrogens is 388 g/mol. The Bertz CT molecular complexity index is 1120. The van der Waals surface area contributed by atoms with Gasteiger partial charge in [-0.15, -0.1) is 0 Å². The van der Waals surface area contributed by atoms with E-state index < -0.39 is 4.92 Å². The molecule has 0 N–H and O–H groups in total. The van der Waals surface area contributed by atoms with Gasteiger partial charge in [-0.2, -0.15) is 0 Å². The van der Waals surface area contributed by atoms with E-state index in [0.29, 0.717) is 5.56 Å². The minimum Gasteiger partial charge on any atom is -0.358 e. The highest BCUT2D eigenvalue weighted by molar-refractivity contribution is 5.99. The molecule has 3 aromatic carbocycles. The van der Waals surface area contributed by atoms with Gasteiger partial charge in [-0.1, -0.05) is 55.5 Å². The zero-order valence-corrected chi connectivity index (χ0v) is 18.0. The lowest BCUT2D eigenvalue weighted by molar-refractivity contribution is -0.384. The van der Waals surface area contributed by atoms with Gasteiger partial charge in [0.15, 0.2) is 5.78 Å². The van der Waals surface area contributed by atoms with Crippen LogP contribution in [-0.4, -0.2) is 22.8 Å². The molecule has 31 heavy (non-hydrogen) atoms. The first-order chi connectivity index (χ1) is 14.7. The van der Waals surface area contributed by atoms with Gasteiger partial charge in [0.05, 0.1) is 11.5 Å². The van der Waals surface area contributed by atoms with Crippen LogP contribution in [0.3, 0.4) is 0 Å². The second kappa shape index (κ2) is 7.65. The molecule has 0 aliphatic carbocycles. The van der Waals surface area contributed by atoms with Gasteiger partial charge in [-0.05, 0) is 49.6 Å². The summed E-state index contributed by atoms with van der Waals surface area (Å²) in [6.07, 6.45) is 0.856. The van der Waals surface area contributed by atoms with Gasteiger partial charge in [0.2, 0.25) is 0 Å². The zero-order chi connectivity index (χ0) is 22.2. The number of nitrogens with zero attached hydrogens (tertiary/aromatic N) is 2. The molecule has 4 rings (SSSR count). The summed E-state index contributed by atoms with van der Waals surface area (Å²) in [4.78, 5) is 25.7. The molecule has 158 valence electrons. The zero-order valence-electron chi connectivity index (χ0n) is 18.0. The standard InChI is InChI=1S/C26H26N2O3/c1-25(2)18-26(3,20-9-5-4-6-10-20)22-11-7-8-12-23(22)27(25)17-24(29)19-13-15-21(16-14-19)28(30)31/h4-16H,17-18H2,1-3H3/t26-/m1/s1. The van der Waals surface area contributed by atoms with Crippen molar-refractivity contribution in [1.29, 1.82) is 0 Å². The molecule has 0 spiro atoms. The molecule has 0 amide bonds. The third kappa shape index (κ3) is 3.72. The van der Waals surface area contributed by atoms with Crippen LogP contribution in [0.2, 0.25) is 0 Å². The molecule has 0 saturated carbocycles. The van der Waals surface area contributed by atoms with Crippen molar-refractivity contribution in [2.45, 2.75) is 38.1 Å². The number of hydrogen-bond acceptors (Lipinski definition) is 4. The average molecular weight is 415 g/mol. The van der Waals surface area contributed by atoms with Gasteiger partial charge in [0.1, 0.15) is 0 Å². The number of para-hydroxylation sites is 1. The Morgan fingerprint density at radius 3 is 2.19 bits per heavy atom. The molecule has 5 nitrogen and oxygen atoms in total. The van der Waals surface area contributed by atoms with Gasteiger partial charge < -0.3 is 4.90 Å². The van der Waals surface area contributed by atoms with Crippen molar-refractivity contribution in [3.05, 3.63) is 106 Å². The summed E-state index contributed by atoms with van der Waals surface area (Å²) in [5.74, 6) is -0.0545. The molecule has 5 heteroatoms. The smallest absolute Gasteiger partial charge is 0.269 e. The van der Waals surface area contributed by atoms with E-state index in [9.17, 15) is 14.9 Å². The van der Waals surface area contributed by atoms with E-state index in [0.717, 1.165) is 12.1 Å². The van der Waals surface area contributed by atoms with Crippen molar-refractivity contribution in [3.8, 4) is 0 Å². The fourth-order valence-corrected chi connectivity index (χ4v) is 4.92. The van der Waals surface area contributed by atoms with Crippen LogP contribution in [0.1, 0.15) is 48.7 Å². The maximum absolute atomic E-state index is 13.1. The van der Waals surface area contributed by atoms with E-state index in [1.807, 2.05) is 12.1 Å². The van der Waals surface area contributed by atoms with Gasteiger partial charge in [-0.25, -0.2) is 0 Å². The Labute approximate surface area is 182 Å². The Morgan fingerprint density at radius 1 is 0.935 bits per heavy atom. The highest BCUT2D eigenvalue weighted by Crippen LogP contribution is 2.50. The first kappa shape index (κ1) is 20.8. The van der Waals surface area contributed by atoms with Crippen molar-refractivity contribution in [1.82, 2.24) is 0 Å². The number of anilines is 1. The second-order valence-corrected chi connectivity index (χ2v) is 9.02. The van der Waals surface area contributed by atoms with Crippen LogP contribution >= 0.6 is 0 Å². The lowest BCUT2D eigenvalue weighted by atomic mass is 9.65. The number of benzene rings is 3. The molecule has 0 aromatic heterocycles. The molecule has 0 bridgehead atoms. The van der Waals surface area contributed by atoms with Crippen LogP contribution in [-0.2, 0) is 5.41 Å². The molecule has 1 aliphatic rings. The van der Waals surface area contributed by atoms with Crippen molar-refractivity contribution in [3.63, 3.8) is 0 Å². The van der Waals surface area contributed by atoms with Crippen LogP contribution in [0.15, 0.2) is 78.9 Å². The normalized spacial score (nSPS) is 19.5. The van der Waals surface area contributed by atoms with Gasteiger partial charge >= 0.3 is 0 Å². The SMILES string of the molecule is CC1(C)C[C@](C)(c2ccccc2)c2ccccc2N1CC(=O)c1ccc([N+](=O)[O-])cc1. The third-order valence-electron chi connectivity index (χ3n) is 6.42. The monoisotopic (exact) mass is 414 g/mol. The van der Waals surface area contributed by atoms with Crippen LogP contribution in [0.4, 0.5) is 11.4 Å². The van der Waals surface area contributed by atoms with Crippen LogP contribution in [0.25, 0.3) is 0 Å². The summed E-state index contributed by atoms with van der Waals surface area (Å²) in [6, 6.07) is 24.7. The second-order valence-electron chi connectivity index (χ2n) is 9.02. The predicted molar refractivity (Wildman–Crippen MR) is 123 cm³/mol. The molecule has 1 heterocycles. The fraction of sp³-hybridized carbons (Fsp3) is 0.269. The van der Waals surface area contributed by atoms with Crippen LogP contribution < -0.4 is 4.90 Å². The van der Waals surface area contributed by atoms with E-state index in [2.05, 4.69) is 68.1 Å². The van der Waals surface area contributed by atoms with Crippen molar-refractivity contribution < 1.29 is 9.72 Å². The lowest BCUT2D eigenvalue weighted by Crippen LogP contribution is -2.55. The Balaban J connectivity index is 1.72. The Kier molecular flexibility index (Phi) is 5.13. The number of fused-ring (bicyclic) bond motifs is 1. The molecule has 0 unspecified atom stereocenters. The molecule has 1 atom stereocenters. The number of hydrogen-bond donors (Lipinski definition) is 0. The minimum atomic E-state index is -0.456. The number of ketones is 1. The van der Waals surface area contributed by atoms with E-state index in [1.54, 1.807) is 0 Å². The molecular formula is C26H26N2O3. The topological polar surface area (TPSA) is 63.5 Å². The maximum atomic E-state index is 13.1. The number of carbonyl (C=O) groups excluding carboxylic acids is 1. The van der Waals surface area contributed by atoms with E-state index in [-0.39, 0.29) is 29.0 Å². The summed E-state index contributed by atoms with van der Waals surface area (Å²) < 4.78 is 0. The van der Waals surface area contributed by atoms with Gasteiger partial charge in [0, 0.05) is 34.3 Å². The molecule has 0 radical (unpaired) electrons. The molecule has 1 aliphatic heterocycles.